The standard InChI is InChI=1S/C18H20N4O3S/c1-4-25-18(24)15-8-11-7-13(5-6-14(11)26-15)21-17(23)16(19-2)12-9-20-22(3)10-12/h5-10,16,19H,4H2,1-3H3,(H,21,23). The van der Waals surface area contributed by atoms with Crippen LogP contribution in [-0.4, -0.2) is 35.3 Å². The van der Waals surface area contributed by atoms with E-state index in [9.17, 15) is 9.59 Å². The Morgan fingerprint density at radius 3 is 2.81 bits per heavy atom. The minimum Gasteiger partial charge on any atom is -0.462 e. The molecule has 2 aromatic heterocycles. The molecule has 26 heavy (non-hydrogen) atoms. The van der Waals surface area contributed by atoms with E-state index < -0.39 is 6.04 Å². The van der Waals surface area contributed by atoms with E-state index in [1.807, 2.05) is 18.2 Å². The molecule has 0 fully saturated rings. The molecule has 1 atom stereocenters. The fourth-order valence-electron chi connectivity index (χ4n) is 2.68. The van der Waals surface area contributed by atoms with E-state index in [0.717, 1.165) is 15.6 Å². The van der Waals surface area contributed by atoms with Crippen LogP contribution in [0.3, 0.4) is 0 Å². The number of esters is 1. The van der Waals surface area contributed by atoms with Crippen molar-refractivity contribution >= 4 is 39.0 Å². The van der Waals surface area contributed by atoms with E-state index in [0.29, 0.717) is 17.2 Å². The number of thiophene rings is 1. The second-order valence-corrected chi connectivity index (χ2v) is 6.83. The lowest BCUT2D eigenvalue weighted by Crippen LogP contribution is -2.30. The maximum Gasteiger partial charge on any atom is 0.348 e. The predicted molar refractivity (Wildman–Crippen MR) is 101 cm³/mol. The Labute approximate surface area is 155 Å². The summed E-state index contributed by atoms with van der Waals surface area (Å²) in [6.07, 6.45) is 3.46. The summed E-state index contributed by atoms with van der Waals surface area (Å²) in [4.78, 5) is 25.0. The van der Waals surface area contributed by atoms with Gasteiger partial charge in [-0.15, -0.1) is 11.3 Å². The number of benzene rings is 1. The number of nitrogens with one attached hydrogen (secondary N) is 2. The van der Waals surface area contributed by atoms with Gasteiger partial charge < -0.3 is 15.4 Å². The molecule has 2 N–H and O–H groups in total. The monoisotopic (exact) mass is 372 g/mol. The van der Waals surface area contributed by atoms with Crippen LogP contribution in [0.2, 0.25) is 0 Å². The van der Waals surface area contributed by atoms with Gasteiger partial charge in [-0.2, -0.15) is 5.10 Å². The molecule has 136 valence electrons. The lowest BCUT2D eigenvalue weighted by atomic mass is 10.1. The van der Waals surface area contributed by atoms with Crippen LogP contribution < -0.4 is 10.6 Å². The molecule has 2 heterocycles. The van der Waals surface area contributed by atoms with Crippen LogP contribution in [-0.2, 0) is 16.6 Å². The van der Waals surface area contributed by atoms with Gasteiger partial charge in [0.2, 0.25) is 5.91 Å². The first-order chi connectivity index (χ1) is 12.5. The summed E-state index contributed by atoms with van der Waals surface area (Å²) in [5, 5.41) is 10.9. The van der Waals surface area contributed by atoms with Crippen LogP contribution in [0.4, 0.5) is 5.69 Å². The Morgan fingerprint density at radius 2 is 2.15 bits per heavy atom. The van der Waals surface area contributed by atoms with Gasteiger partial charge in [0.1, 0.15) is 10.9 Å². The van der Waals surface area contributed by atoms with Crippen molar-refractivity contribution in [2.24, 2.45) is 7.05 Å². The van der Waals surface area contributed by atoms with Gasteiger partial charge in [0.15, 0.2) is 0 Å². The molecule has 0 spiro atoms. The Morgan fingerprint density at radius 1 is 1.35 bits per heavy atom. The van der Waals surface area contributed by atoms with Crippen LogP contribution in [0.1, 0.15) is 28.2 Å². The zero-order valence-corrected chi connectivity index (χ0v) is 15.6. The number of amides is 1. The number of hydrogen-bond acceptors (Lipinski definition) is 6. The second-order valence-electron chi connectivity index (χ2n) is 5.74. The van der Waals surface area contributed by atoms with Crippen molar-refractivity contribution in [3.05, 3.63) is 47.1 Å². The normalized spacial score (nSPS) is 12.1. The van der Waals surface area contributed by atoms with Crippen molar-refractivity contribution in [2.45, 2.75) is 13.0 Å². The summed E-state index contributed by atoms with van der Waals surface area (Å²) in [5.74, 6) is -0.508. The maximum atomic E-state index is 12.6. The molecular formula is C18H20N4O3S. The van der Waals surface area contributed by atoms with E-state index in [-0.39, 0.29) is 11.9 Å². The minimum atomic E-state index is -0.503. The minimum absolute atomic E-state index is 0.180. The molecule has 0 aliphatic heterocycles. The Hall–Kier alpha value is -2.71. The molecule has 0 radical (unpaired) electrons. The highest BCUT2D eigenvalue weighted by Crippen LogP contribution is 2.29. The summed E-state index contributed by atoms with van der Waals surface area (Å²) in [5.41, 5.74) is 1.45. The predicted octanol–water partition coefficient (Wildman–Crippen LogP) is 2.71. The first kappa shape index (κ1) is 18.1. The summed E-state index contributed by atoms with van der Waals surface area (Å²) < 4.78 is 7.65. The molecule has 1 amide bonds. The molecule has 8 heteroatoms. The van der Waals surface area contributed by atoms with Crippen molar-refractivity contribution in [2.75, 3.05) is 19.0 Å². The highest BCUT2D eigenvalue weighted by molar-refractivity contribution is 7.20. The summed E-state index contributed by atoms with van der Waals surface area (Å²) in [6, 6.07) is 6.84. The first-order valence-corrected chi connectivity index (χ1v) is 9.01. The fraction of sp³-hybridized carbons (Fsp3) is 0.278. The summed E-state index contributed by atoms with van der Waals surface area (Å²) in [7, 11) is 3.53. The molecule has 0 aliphatic rings. The molecular weight excluding hydrogens is 352 g/mol. The third kappa shape index (κ3) is 3.76. The number of aryl methyl sites for hydroxylation is 1. The number of fused-ring (bicyclic) bond motifs is 1. The third-order valence-corrected chi connectivity index (χ3v) is 4.97. The smallest absolute Gasteiger partial charge is 0.348 e. The molecule has 1 aromatic carbocycles. The average Bonchev–Trinajstić information content (AvgIpc) is 3.22. The lowest BCUT2D eigenvalue weighted by molar-refractivity contribution is -0.118. The third-order valence-electron chi connectivity index (χ3n) is 3.87. The number of carbonyl (C=O) groups is 2. The summed E-state index contributed by atoms with van der Waals surface area (Å²) >= 11 is 1.37. The number of aromatic nitrogens is 2. The maximum absolute atomic E-state index is 12.6. The van der Waals surface area contributed by atoms with E-state index in [1.165, 1.54) is 11.3 Å². The summed E-state index contributed by atoms with van der Waals surface area (Å²) in [6.45, 7) is 2.12. The van der Waals surface area contributed by atoms with Gasteiger partial charge in [-0.25, -0.2) is 4.79 Å². The Kier molecular flexibility index (Phi) is 5.34. The van der Waals surface area contributed by atoms with Gasteiger partial charge in [-0.3, -0.25) is 9.48 Å². The fourth-order valence-corrected chi connectivity index (χ4v) is 3.61. The first-order valence-electron chi connectivity index (χ1n) is 8.19. The van der Waals surface area contributed by atoms with Crippen LogP contribution in [0, 0.1) is 0 Å². The van der Waals surface area contributed by atoms with Gasteiger partial charge in [0.05, 0.1) is 12.8 Å². The molecule has 0 aliphatic carbocycles. The SMILES string of the molecule is CCOC(=O)c1cc2cc(NC(=O)C(NC)c3cnn(C)c3)ccc2s1. The molecule has 3 aromatic rings. The zero-order valence-electron chi connectivity index (χ0n) is 14.8. The number of anilines is 1. The largest absolute Gasteiger partial charge is 0.462 e. The van der Waals surface area contributed by atoms with E-state index in [2.05, 4.69) is 15.7 Å². The molecule has 1 unspecified atom stereocenters. The van der Waals surface area contributed by atoms with Crippen LogP contribution >= 0.6 is 11.3 Å². The molecule has 0 saturated carbocycles. The number of ether oxygens (including phenoxy) is 1. The molecule has 0 saturated heterocycles. The quantitative estimate of drug-likeness (QED) is 0.650. The van der Waals surface area contributed by atoms with Gasteiger partial charge in [0.25, 0.3) is 0 Å². The van der Waals surface area contributed by atoms with Gasteiger partial charge >= 0.3 is 5.97 Å². The van der Waals surface area contributed by atoms with E-state index in [4.69, 9.17) is 4.74 Å². The van der Waals surface area contributed by atoms with Gasteiger partial charge in [0, 0.05) is 29.2 Å². The van der Waals surface area contributed by atoms with E-state index >= 15 is 0 Å². The van der Waals surface area contributed by atoms with E-state index in [1.54, 1.807) is 44.2 Å². The second kappa shape index (κ2) is 7.67. The lowest BCUT2D eigenvalue weighted by Gasteiger charge is -2.14. The number of carbonyl (C=O) groups excluding carboxylic acids is 2. The zero-order chi connectivity index (χ0) is 18.7. The topological polar surface area (TPSA) is 85.2 Å². The highest BCUT2D eigenvalue weighted by atomic mass is 32.1. The van der Waals surface area contributed by atoms with Crippen LogP contribution in [0.5, 0.6) is 0 Å². The molecule has 7 nitrogen and oxygen atoms in total. The Balaban J connectivity index is 1.79. The van der Waals surface area contributed by atoms with Crippen molar-refractivity contribution in [3.8, 4) is 0 Å². The van der Waals surface area contributed by atoms with Crippen molar-refractivity contribution in [3.63, 3.8) is 0 Å². The molecule has 3 rings (SSSR count). The number of nitrogens with zero attached hydrogens (tertiary/aromatic N) is 2. The molecule has 0 bridgehead atoms. The number of hydrogen-bond donors (Lipinski definition) is 2. The average molecular weight is 372 g/mol. The van der Waals surface area contributed by atoms with Gasteiger partial charge in [-0.1, -0.05) is 0 Å². The number of likely N-dealkylation sites (N-methyl/N-ethyl adjacent to an activating group) is 1. The highest BCUT2D eigenvalue weighted by Gasteiger charge is 2.20. The Bertz CT molecular complexity index is 947. The number of rotatable bonds is 6. The van der Waals surface area contributed by atoms with Crippen LogP contribution in [0.25, 0.3) is 10.1 Å². The van der Waals surface area contributed by atoms with Crippen molar-refractivity contribution < 1.29 is 14.3 Å². The van der Waals surface area contributed by atoms with Crippen LogP contribution in [0.15, 0.2) is 36.7 Å². The van der Waals surface area contributed by atoms with Crippen molar-refractivity contribution in [1.82, 2.24) is 15.1 Å². The van der Waals surface area contributed by atoms with Crippen molar-refractivity contribution in [1.29, 1.82) is 0 Å². The van der Waals surface area contributed by atoms with Gasteiger partial charge in [-0.05, 0) is 43.6 Å².